The van der Waals surface area contributed by atoms with E-state index in [2.05, 4.69) is 12.2 Å². The molecule has 22 heavy (non-hydrogen) atoms. The molecule has 0 aromatic carbocycles. The van der Waals surface area contributed by atoms with E-state index in [-0.39, 0.29) is 23.5 Å². The van der Waals surface area contributed by atoms with E-state index in [4.69, 9.17) is 4.74 Å². The minimum absolute atomic E-state index is 0.00501. The van der Waals surface area contributed by atoms with Crippen LogP contribution in [0, 0.1) is 12.8 Å². The molecule has 1 unspecified atom stereocenters. The van der Waals surface area contributed by atoms with Crippen molar-refractivity contribution in [1.29, 1.82) is 0 Å². The second-order valence-corrected chi connectivity index (χ2v) is 6.19. The van der Waals surface area contributed by atoms with E-state index in [0.29, 0.717) is 18.8 Å². The minimum atomic E-state index is -0.0729. The molecule has 2 heterocycles. The lowest BCUT2D eigenvalue weighted by Gasteiger charge is -2.41. The number of hydrogen-bond acceptors (Lipinski definition) is 3. The van der Waals surface area contributed by atoms with Gasteiger partial charge in [-0.1, -0.05) is 12.2 Å². The summed E-state index contributed by atoms with van der Waals surface area (Å²) in [5, 5.41) is 0. The Labute approximate surface area is 130 Å². The van der Waals surface area contributed by atoms with Gasteiger partial charge in [0.15, 0.2) is 0 Å². The average Bonchev–Trinajstić information content (AvgIpc) is 2.48. The van der Waals surface area contributed by atoms with Crippen molar-refractivity contribution in [2.24, 2.45) is 13.0 Å². The molecule has 0 N–H and O–H groups in total. The zero-order valence-corrected chi connectivity index (χ0v) is 13.1. The molecule has 1 amide bonds. The lowest BCUT2D eigenvalue weighted by molar-refractivity contribution is -0.144. The topological polar surface area (TPSA) is 51.5 Å². The standard InChI is InChI=1S/C17H22N2O3/c1-12-8-14(9-16(20)18(12)2)22-15-10-19(11-15)17(21)13-6-4-3-5-7-13/h3-4,8-9,13,15H,5-7,10-11H2,1-2H3. The Kier molecular flexibility index (Phi) is 4.05. The van der Waals surface area contributed by atoms with Crippen molar-refractivity contribution in [2.75, 3.05) is 13.1 Å². The summed E-state index contributed by atoms with van der Waals surface area (Å²) in [5.74, 6) is 0.972. The highest BCUT2D eigenvalue weighted by atomic mass is 16.5. The van der Waals surface area contributed by atoms with Gasteiger partial charge in [0.1, 0.15) is 11.9 Å². The van der Waals surface area contributed by atoms with Crippen molar-refractivity contribution in [2.45, 2.75) is 32.3 Å². The van der Waals surface area contributed by atoms with E-state index in [9.17, 15) is 9.59 Å². The molecule has 3 rings (SSSR count). The van der Waals surface area contributed by atoms with Crippen LogP contribution in [0.15, 0.2) is 29.1 Å². The van der Waals surface area contributed by atoms with Gasteiger partial charge in [-0.15, -0.1) is 0 Å². The van der Waals surface area contributed by atoms with Crippen LogP contribution in [0.3, 0.4) is 0 Å². The molecule has 1 aromatic heterocycles. The molecule has 118 valence electrons. The second-order valence-electron chi connectivity index (χ2n) is 6.19. The summed E-state index contributed by atoms with van der Waals surface area (Å²) >= 11 is 0. The van der Waals surface area contributed by atoms with Gasteiger partial charge in [-0.25, -0.2) is 0 Å². The molecule has 1 aliphatic heterocycles. The number of nitrogens with zero attached hydrogens (tertiary/aromatic N) is 2. The van der Waals surface area contributed by atoms with E-state index in [1.807, 2.05) is 17.9 Å². The lowest BCUT2D eigenvalue weighted by Crippen LogP contribution is -2.57. The molecule has 0 saturated carbocycles. The van der Waals surface area contributed by atoms with E-state index in [1.165, 1.54) is 6.07 Å². The number of aromatic nitrogens is 1. The maximum Gasteiger partial charge on any atom is 0.254 e. The number of ether oxygens (including phenoxy) is 1. The number of likely N-dealkylation sites (tertiary alicyclic amines) is 1. The van der Waals surface area contributed by atoms with Crippen molar-refractivity contribution >= 4 is 5.91 Å². The maximum absolute atomic E-state index is 12.3. The first-order valence-corrected chi connectivity index (χ1v) is 7.82. The van der Waals surface area contributed by atoms with Crippen LogP contribution in [-0.4, -0.2) is 34.6 Å². The predicted octanol–water partition coefficient (Wildman–Crippen LogP) is 1.64. The van der Waals surface area contributed by atoms with Crippen LogP contribution in [0.1, 0.15) is 25.0 Å². The third-order valence-corrected chi connectivity index (χ3v) is 4.56. The smallest absolute Gasteiger partial charge is 0.254 e. The number of aryl methyl sites for hydroxylation is 1. The molecule has 5 nitrogen and oxygen atoms in total. The third-order valence-electron chi connectivity index (χ3n) is 4.56. The maximum atomic E-state index is 12.3. The molecule has 2 aliphatic rings. The highest BCUT2D eigenvalue weighted by Crippen LogP contribution is 2.24. The summed E-state index contributed by atoms with van der Waals surface area (Å²) in [6, 6.07) is 3.36. The average molecular weight is 302 g/mol. The molecule has 1 atom stereocenters. The van der Waals surface area contributed by atoms with Crippen LogP contribution in [0.25, 0.3) is 0 Å². The summed E-state index contributed by atoms with van der Waals surface area (Å²) in [5.41, 5.74) is 0.792. The van der Waals surface area contributed by atoms with Crippen LogP contribution < -0.4 is 10.3 Å². The van der Waals surface area contributed by atoms with E-state index < -0.39 is 0 Å². The Bertz CT molecular complexity index is 656. The fraction of sp³-hybridized carbons (Fsp3) is 0.529. The molecular formula is C17H22N2O3. The van der Waals surface area contributed by atoms with Gasteiger partial charge in [-0.3, -0.25) is 9.59 Å². The molecule has 5 heteroatoms. The van der Waals surface area contributed by atoms with Gasteiger partial charge >= 0.3 is 0 Å². The Balaban J connectivity index is 1.54. The second kappa shape index (κ2) is 5.99. The summed E-state index contributed by atoms with van der Waals surface area (Å²) in [4.78, 5) is 25.9. The summed E-state index contributed by atoms with van der Waals surface area (Å²) < 4.78 is 7.40. The van der Waals surface area contributed by atoms with Crippen LogP contribution >= 0.6 is 0 Å². The van der Waals surface area contributed by atoms with Gasteiger partial charge < -0.3 is 14.2 Å². The Morgan fingerprint density at radius 3 is 2.68 bits per heavy atom. The number of rotatable bonds is 3. The fourth-order valence-corrected chi connectivity index (χ4v) is 2.97. The molecule has 1 fully saturated rings. The number of hydrogen-bond donors (Lipinski definition) is 0. The highest BCUT2D eigenvalue weighted by Gasteiger charge is 2.35. The van der Waals surface area contributed by atoms with Gasteiger partial charge in [0, 0.05) is 24.7 Å². The van der Waals surface area contributed by atoms with Crippen molar-refractivity contribution < 1.29 is 9.53 Å². The van der Waals surface area contributed by atoms with Crippen LogP contribution in [0.2, 0.25) is 0 Å². The Hall–Kier alpha value is -2.04. The van der Waals surface area contributed by atoms with Gasteiger partial charge in [0.2, 0.25) is 5.91 Å². The first-order chi connectivity index (χ1) is 10.5. The number of carbonyl (C=O) groups is 1. The first kappa shape index (κ1) is 14.9. The molecule has 0 radical (unpaired) electrons. The zero-order valence-electron chi connectivity index (χ0n) is 13.1. The number of amides is 1. The Morgan fingerprint density at radius 1 is 1.27 bits per heavy atom. The molecule has 1 aliphatic carbocycles. The minimum Gasteiger partial charge on any atom is -0.486 e. The van der Waals surface area contributed by atoms with Crippen molar-refractivity contribution in [3.05, 3.63) is 40.3 Å². The van der Waals surface area contributed by atoms with Gasteiger partial charge in [-0.2, -0.15) is 0 Å². The largest absolute Gasteiger partial charge is 0.486 e. The summed E-state index contributed by atoms with van der Waals surface area (Å²) in [7, 11) is 1.74. The lowest BCUT2D eigenvalue weighted by atomic mass is 9.92. The normalized spacial score (nSPS) is 21.5. The Morgan fingerprint density at radius 2 is 2.05 bits per heavy atom. The predicted molar refractivity (Wildman–Crippen MR) is 83.9 cm³/mol. The van der Waals surface area contributed by atoms with Gasteiger partial charge in [-0.05, 0) is 32.3 Å². The first-order valence-electron chi connectivity index (χ1n) is 7.82. The van der Waals surface area contributed by atoms with E-state index in [1.54, 1.807) is 11.6 Å². The van der Waals surface area contributed by atoms with E-state index >= 15 is 0 Å². The van der Waals surface area contributed by atoms with Gasteiger partial charge in [0.25, 0.3) is 5.56 Å². The van der Waals surface area contributed by atoms with Crippen LogP contribution in [-0.2, 0) is 11.8 Å². The number of pyridine rings is 1. The van der Waals surface area contributed by atoms with Gasteiger partial charge in [0.05, 0.1) is 13.1 Å². The highest BCUT2D eigenvalue weighted by molar-refractivity contribution is 5.80. The fourth-order valence-electron chi connectivity index (χ4n) is 2.97. The molecule has 1 saturated heterocycles. The molecule has 0 spiro atoms. The summed E-state index contributed by atoms with van der Waals surface area (Å²) in [6.07, 6.45) is 7.04. The molecular weight excluding hydrogens is 280 g/mol. The van der Waals surface area contributed by atoms with E-state index in [0.717, 1.165) is 25.0 Å². The van der Waals surface area contributed by atoms with Crippen molar-refractivity contribution in [3.63, 3.8) is 0 Å². The number of allylic oxidation sites excluding steroid dienone is 2. The summed E-state index contributed by atoms with van der Waals surface area (Å²) in [6.45, 7) is 3.11. The quantitative estimate of drug-likeness (QED) is 0.798. The number of carbonyl (C=O) groups excluding carboxylic acids is 1. The monoisotopic (exact) mass is 302 g/mol. The molecule has 1 aromatic rings. The third kappa shape index (κ3) is 2.93. The van der Waals surface area contributed by atoms with Crippen molar-refractivity contribution in [1.82, 2.24) is 9.47 Å². The van der Waals surface area contributed by atoms with Crippen LogP contribution in [0.4, 0.5) is 0 Å². The SMILES string of the molecule is Cc1cc(OC2CN(C(=O)C3CC=CCC3)C2)cc(=O)n1C. The molecule has 0 bridgehead atoms. The van der Waals surface area contributed by atoms with Crippen molar-refractivity contribution in [3.8, 4) is 5.75 Å². The zero-order chi connectivity index (χ0) is 15.7. The van der Waals surface area contributed by atoms with Crippen LogP contribution in [0.5, 0.6) is 5.75 Å².